The van der Waals surface area contributed by atoms with Crippen molar-refractivity contribution in [1.29, 1.82) is 0 Å². The zero-order chi connectivity index (χ0) is 10.6. The molecule has 1 aromatic heterocycles. The molecule has 0 aliphatic carbocycles. The Morgan fingerprint density at radius 2 is 2.21 bits per heavy atom. The maximum absolute atomic E-state index is 4.46. The van der Waals surface area contributed by atoms with Crippen LogP contribution in [0.4, 0.5) is 0 Å². The molecule has 0 spiro atoms. The summed E-state index contributed by atoms with van der Waals surface area (Å²) in [6.45, 7) is 6.13. The van der Waals surface area contributed by atoms with Crippen molar-refractivity contribution in [1.82, 2.24) is 9.88 Å². The predicted molar refractivity (Wildman–Crippen MR) is 63.7 cm³/mol. The monoisotopic (exact) mass is 256 g/mol. The van der Waals surface area contributed by atoms with Gasteiger partial charge >= 0.3 is 0 Å². The highest BCUT2D eigenvalue weighted by molar-refractivity contribution is 9.09. The molecule has 1 rings (SSSR count). The number of hydrogen-bond donors (Lipinski definition) is 0. The van der Waals surface area contributed by atoms with E-state index in [0.29, 0.717) is 4.83 Å². The van der Waals surface area contributed by atoms with Crippen molar-refractivity contribution in [2.24, 2.45) is 0 Å². The van der Waals surface area contributed by atoms with E-state index in [1.165, 1.54) is 0 Å². The van der Waals surface area contributed by atoms with E-state index in [1.807, 2.05) is 13.0 Å². The summed E-state index contributed by atoms with van der Waals surface area (Å²) in [5.41, 5.74) is 2.23. The van der Waals surface area contributed by atoms with Gasteiger partial charge in [-0.15, -0.1) is 0 Å². The molecule has 0 amide bonds. The molecule has 0 fully saturated rings. The molecule has 1 heterocycles. The van der Waals surface area contributed by atoms with Gasteiger partial charge in [0.1, 0.15) is 0 Å². The molecule has 1 aromatic rings. The Hall–Kier alpha value is -0.410. The van der Waals surface area contributed by atoms with Gasteiger partial charge in [-0.2, -0.15) is 0 Å². The molecule has 0 bridgehead atoms. The van der Waals surface area contributed by atoms with E-state index in [9.17, 15) is 0 Å². The van der Waals surface area contributed by atoms with Crippen molar-refractivity contribution in [2.45, 2.75) is 25.2 Å². The van der Waals surface area contributed by atoms with Crippen LogP contribution in [0.5, 0.6) is 0 Å². The van der Waals surface area contributed by atoms with Crippen molar-refractivity contribution < 1.29 is 0 Å². The highest BCUT2D eigenvalue weighted by Gasteiger charge is 2.04. The summed E-state index contributed by atoms with van der Waals surface area (Å²) in [5, 5.41) is 0. The van der Waals surface area contributed by atoms with E-state index >= 15 is 0 Å². The van der Waals surface area contributed by atoms with Crippen molar-refractivity contribution >= 4 is 15.9 Å². The van der Waals surface area contributed by atoms with Crippen LogP contribution in [0, 0.1) is 6.92 Å². The summed E-state index contributed by atoms with van der Waals surface area (Å²) < 4.78 is 0. The summed E-state index contributed by atoms with van der Waals surface area (Å²) >= 11 is 3.54. The maximum atomic E-state index is 4.46. The molecule has 14 heavy (non-hydrogen) atoms. The van der Waals surface area contributed by atoms with Gasteiger partial charge in [0.25, 0.3) is 0 Å². The lowest BCUT2D eigenvalue weighted by atomic mass is 10.3. The summed E-state index contributed by atoms with van der Waals surface area (Å²) in [5.74, 6) is 0. The van der Waals surface area contributed by atoms with E-state index in [4.69, 9.17) is 0 Å². The molecular formula is C11H17BrN2. The molecule has 3 heteroatoms. The van der Waals surface area contributed by atoms with Crippen LogP contribution >= 0.6 is 15.9 Å². The van der Waals surface area contributed by atoms with Gasteiger partial charge in [-0.05, 0) is 26.1 Å². The second-order valence-electron chi connectivity index (χ2n) is 3.75. The van der Waals surface area contributed by atoms with Gasteiger partial charge in [-0.3, -0.25) is 9.88 Å². The van der Waals surface area contributed by atoms with Gasteiger partial charge in [0.05, 0.1) is 5.69 Å². The van der Waals surface area contributed by atoms with Crippen LogP contribution in [0.25, 0.3) is 0 Å². The van der Waals surface area contributed by atoms with Crippen LogP contribution in [-0.4, -0.2) is 28.3 Å². The topological polar surface area (TPSA) is 16.1 Å². The average Bonchev–Trinajstić information content (AvgIpc) is 2.01. The standard InChI is InChI=1S/C11H17BrN2/c1-9(12)7-14(3)8-11-6-4-5-10(2)13-11/h4-6,9H,7-8H2,1-3H3. The van der Waals surface area contributed by atoms with Gasteiger partial charge in [-0.1, -0.05) is 28.9 Å². The minimum absolute atomic E-state index is 0.525. The molecule has 1 unspecified atom stereocenters. The minimum atomic E-state index is 0.525. The smallest absolute Gasteiger partial charge is 0.0547 e. The number of rotatable bonds is 4. The Morgan fingerprint density at radius 1 is 1.50 bits per heavy atom. The maximum Gasteiger partial charge on any atom is 0.0547 e. The third-order valence-corrected chi connectivity index (χ3v) is 2.23. The van der Waals surface area contributed by atoms with Gasteiger partial charge in [0.15, 0.2) is 0 Å². The van der Waals surface area contributed by atoms with Crippen molar-refractivity contribution in [2.75, 3.05) is 13.6 Å². The normalized spacial score (nSPS) is 13.2. The minimum Gasteiger partial charge on any atom is -0.299 e. The van der Waals surface area contributed by atoms with Crippen LogP contribution in [0.3, 0.4) is 0 Å². The molecule has 0 aliphatic heterocycles. The van der Waals surface area contributed by atoms with E-state index < -0.39 is 0 Å². The zero-order valence-corrected chi connectivity index (χ0v) is 10.6. The van der Waals surface area contributed by atoms with Crippen molar-refractivity contribution in [3.05, 3.63) is 29.6 Å². The number of aromatic nitrogens is 1. The first-order valence-electron chi connectivity index (χ1n) is 4.83. The molecule has 0 N–H and O–H groups in total. The third-order valence-electron chi connectivity index (χ3n) is 1.94. The van der Waals surface area contributed by atoms with Crippen LogP contribution in [-0.2, 0) is 6.54 Å². The molecular weight excluding hydrogens is 240 g/mol. The first-order chi connectivity index (χ1) is 6.58. The summed E-state index contributed by atoms with van der Waals surface area (Å²) in [6.07, 6.45) is 0. The molecule has 0 radical (unpaired) electrons. The fourth-order valence-corrected chi connectivity index (χ4v) is 1.95. The highest BCUT2D eigenvalue weighted by Crippen LogP contribution is 2.05. The van der Waals surface area contributed by atoms with Crippen molar-refractivity contribution in [3.63, 3.8) is 0 Å². The molecule has 1 atom stereocenters. The van der Waals surface area contributed by atoms with Crippen LogP contribution < -0.4 is 0 Å². The summed E-state index contributed by atoms with van der Waals surface area (Å²) in [4.78, 5) is 7.25. The lowest BCUT2D eigenvalue weighted by Crippen LogP contribution is -2.24. The van der Waals surface area contributed by atoms with E-state index in [2.05, 4.69) is 51.9 Å². The lowest BCUT2D eigenvalue weighted by molar-refractivity contribution is 0.328. The summed E-state index contributed by atoms with van der Waals surface area (Å²) in [6, 6.07) is 6.15. The first-order valence-corrected chi connectivity index (χ1v) is 5.74. The first kappa shape index (κ1) is 11.7. The van der Waals surface area contributed by atoms with E-state index in [1.54, 1.807) is 0 Å². The fourth-order valence-electron chi connectivity index (χ4n) is 1.46. The Balaban J connectivity index is 2.51. The van der Waals surface area contributed by atoms with E-state index in [0.717, 1.165) is 24.5 Å². The average molecular weight is 257 g/mol. The number of nitrogens with zero attached hydrogens (tertiary/aromatic N) is 2. The molecule has 0 saturated carbocycles. The van der Waals surface area contributed by atoms with Crippen LogP contribution in [0.1, 0.15) is 18.3 Å². The Morgan fingerprint density at radius 3 is 2.79 bits per heavy atom. The molecule has 78 valence electrons. The van der Waals surface area contributed by atoms with Gasteiger partial charge in [0.2, 0.25) is 0 Å². The number of halogens is 1. The van der Waals surface area contributed by atoms with Crippen LogP contribution in [0.2, 0.25) is 0 Å². The largest absolute Gasteiger partial charge is 0.299 e. The van der Waals surface area contributed by atoms with E-state index in [-0.39, 0.29) is 0 Å². The second-order valence-corrected chi connectivity index (χ2v) is 5.31. The fraction of sp³-hybridized carbons (Fsp3) is 0.545. The highest BCUT2D eigenvalue weighted by atomic mass is 79.9. The summed E-state index contributed by atoms with van der Waals surface area (Å²) in [7, 11) is 2.11. The Bertz CT molecular complexity index is 286. The predicted octanol–water partition coefficient (Wildman–Crippen LogP) is 2.61. The number of hydrogen-bond acceptors (Lipinski definition) is 2. The zero-order valence-electron chi connectivity index (χ0n) is 9.00. The molecule has 0 saturated heterocycles. The number of aryl methyl sites for hydroxylation is 1. The number of pyridine rings is 1. The molecule has 0 aliphatic rings. The Labute approximate surface area is 94.5 Å². The quantitative estimate of drug-likeness (QED) is 0.771. The second kappa shape index (κ2) is 5.47. The third kappa shape index (κ3) is 4.20. The van der Waals surface area contributed by atoms with Gasteiger partial charge in [-0.25, -0.2) is 0 Å². The van der Waals surface area contributed by atoms with Gasteiger partial charge < -0.3 is 0 Å². The van der Waals surface area contributed by atoms with Gasteiger partial charge in [0, 0.05) is 23.6 Å². The molecule has 0 aromatic carbocycles. The van der Waals surface area contributed by atoms with Crippen LogP contribution in [0.15, 0.2) is 18.2 Å². The Kier molecular flexibility index (Phi) is 4.55. The lowest BCUT2D eigenvalue weighted by Gasteiger charge is -2.17. The SMILES string of the molecule is Cc1cccc(CN(C)CC(C)Br)n1. The number of alkyl halides is 1. The van der Waals surface area contributed by atoms with Crippen molar-refractivity contribution in [3.8, 4) is 0 Å². The molecule has 2 nitrogen and oxygen atoms in total.